The Morgan fingerprint density at radius 3 is 2.52 bits per heavy atom. The van der Waals surface area contributed by atoms with Crippen molar-refractivity contribution < 1.29 is 27.4 Å². The highest BCUT2D eigenvalue weighted by molar-refractivity contribution is 5.50. The quantitative estimate of drug-likeness (QED) is 0.727. The smallest absolute Gasteiger partial charge is 0.391 e. The van der Waals surface area contributed by atoms with Crippen molar-refractivity contribution in [3.63, 3.8) is 0 Å². The predicted molar refractivity (Wildman–Crippen MR) is 97.9 cm³/mol. The predicted octanol–water partition coefficient (Wildman–Crippen LogP) is 2.35. The van der Waals surface area contributed by atoms with Gasteiger partial charge in [0.25, 0.3) is 0 Å². The minimum Gasteiger partial charge on any atom is -0.391 e. The van der Waals surface area contributed by atoms with Crippen molar-refractivity contribution in [2.24, 2.45) is 0 Å². The van der Waals surface area contributed by atoms with Crippen LogP contribution in [0, 0.1) is 5.82 Å². The Morgan fingerprint density at radius 1 is 1.24 bits per heavy atom. The highest BCUT2D eigenvalue weighted by atomic mass is 19.4. The van der Waals surface area contributed by atoms with Gasteiger partial charge in [0.2, 0.25) is 5.95 Å². The number of nitrogens with two attached hydrogens (primary N) is 1. The average molecular weight is 419 g/mol. The summed E-state index contributed by atoms with van der Waals surface area (Å²) in [4.78, 5) is 5.12. The van der Waals surface area contributed by atoms with Gasteiger partial charge in [0, 0.05) is 18.2 Å². The Balaban J connectivity index is 0.000000290. The first kappa shape index (κ1) is 21.7. The Labute approximate surface area is 165 Å². The number of aliphatic hydroxyl groups excluding tert-OH is 1. The van der Waals surface area contributed by atoms with E-state index in [1.165, 1.54) is 21.7 Å². The third-order valence-corrected chi connectivity index (χ3v) is 5.06. The van der Waals surface area contributed by atoms with Gasteiger partial charge in [-0.05, 0) is 44.8 Å². The van der Waals surface area contributed by atoms with E-state index < -0.39 is 18.5 Å². The van der Waals surface area contributed by atoms with E-state index in [-0.39, 0.29) is 23.5 Å². The molecule has 0 bridgehead atoms. The van der Waals surface area contributed by atoms with Crippen LogP contribution < -0.4 is 5.73 Å². The number of piperidine rings is 1. The zero-order valence-electron chi connectivity index (χ0n) is 15.9. The number of halogens is 4. The first-order chi connectivity index (χ1) is 13.7. The molecule has 0 aliphatic carbocycles. The molecule has 0 radical (unpaired) electrons. The summed E-state index contributed by atoms with van der Waals surface area (Å²) in [5.74, 6) is -0.470. The molecular weight excluding hydrogens is 394 g/mol. The molecule has 1 atom stereocenters. The summed E-state index contributed by atoms with van der Waals surface area (Å²) in [6.45, 7) is 1.11. The van der Waals surface area contributed by atoms with Crippen LogP contribution in [0.15, 0.2) is 12.3 Å². The number of ether oxygens (including phenoxy) is 1. The van der Waals surface area contributed by atoms with E-state index in [0.717, 1.165) is 19.4 Å². The molecule has 2 aliphatic rings. The molecule has 4 heterocycles. The van der Waals surface area contributed by atoms with Gasteiger partial charge in [-0.3, -0.25) is 4.90 Å². The van der Waals surface area contributed by atoms with Crippen molar-refractivity contribution in [1.29, 1.82) is 0 Å². The maximum Gasteiger partial charge on any atom is 0.401 e. The van der Waals surface area contributed by atoms with Crippen LogP contribution in [0.5, 0.6) is 0 Å². The molecule has 1 unspecified atom stereocenters. The molecule has 29 heavy (non-hydrogen) atoms. The lowest BCUT2D eigenvalue weighted by Gasteiger charge is -2.32. The molecule has 162 valence electrons. The zero-order chi connectivity index (χ0) is 21.0. The van der Waals surface area contributed by atoms with Gasteiger partial charge in [-0.15, -0.1) is 5.10 Å². The number of hydrogen-bond donors (Lipinski definition) is 2. The van der Waals surface area contributed by atoms with E-state index in [2.05, 4.69) is 10.1 Å². The summed E-state index contributed by atoms with van der Waals surface area (Å²) in [6.07, 6.45) is -0.102. The molecule has 2 aromatic rings. The molecule has 0 saturated carbocycles. The number of aliphatic hydroxyl groups is 1. The van der Waals surface area contributed by atoms with Crippen LogP contribution in [-0.4, -0.2) is 69.7 Å². The maximum atomic E-state index is 13.9. The molecule has 0 amide bonds. The molecule has 2 aliphatic heterocycles. The molecule has 0 aromatic carbocycles. The summed E-state index contributed by atoms with van der Waals surface area (Å²) in [5.41, 5.74) is 6.38. The number of fused-ring (bicyclic) bond motifs is 1. The molecule has 7 nitrogen and oxygen atoms in total. The van der Waals surface area contributed by atoms with Crippen LogP contribution >= 0.6 is 0 Å². The van der Waals surface area contributed by atoms with Crippen molar-refractivity contribution in [2.45, 2.75) is 43.9 Å². The number of aromatic nitrogens is 3. The second-order valence-electron chi connectivity index (χ2n) is 7.37. The second kappa shape index (κ2) is 9.23. The highest BCUT2D eigenvalue weighted by Gasteiger charge is 2.33. The van der Waals surface area contributed by atoms with Gasteiger partial charge in [0.15, 0.2) is 5.82 Å². The number of nitrogens with zero attached hydrogens (tertiary/aromatic N) is 4. The number of nitrogen functional groups attached to an aromatic ring is 1. The van der Waals surface area contributed by atoms with Crippen molar-refractivity contribution in [3.05, 3.63) is 23.8 Å². The number of anilines is 1. The SMILES string of the molecule is Nc1ncc2c(F)cc(C3CCN(CC(F)(F)F)CC3)n2n1.OC1CCCOC1. The van der Waals surface area contributed by atoms with Crippen LogP contribution in [0.2, 0.25) is 0 Å². The van der Waals surface area contributed by atoms with Crippen molar-refractivity contribution in [3.8, 4) is 0 Å². The first-order valence-corrected chi connectivity index (χ1v) is 9.57. The summed E-state index contributed by atoms with van der Waals surface area (Å²) in [7, 11) is 0. The van der Waals surface area contributed by atoms with Gasteiger partial charge in [0.05, 0.1) is 25.5 Å². The monoisotopic (exact) mass is 419 g/mol. The zero-order valence-corrected chi connectivity index (χ0v) is 15.9. The summed E-state index contributed by atoms with van der Waals surface area (Å²) >= 11 is 0. The van der Waals surface area contributed by atoms with Crippen molar-refractivity contribution in [1.82, 2.24) is 19.5 Å². The van der Waals surface area contributed by atoms with E-state index in [4.69, 9.17) is 15.6 Å². The molecule has 2 fully saturated rings. The van der Waals surface area contributed by atoms with E-state index in [1.807, 2.05) is 0 Å². The minimum absolute atomic E-state index is 0.0267. The Morgan fingerprint density at radius 2 is 1.97 bits per heavy atom. The maximum absolute atomic E-state index is 13.9. The standard InChI is InChI=1S/C13H15F4N5.C5H10O2/c14-9-5-10(22-11(9)6-19-12(18)20-22)8-1-3-21(4-2-8)7-13(15,16)17;6-5-2-1-3-7-4-5/h5-6,8H,1-4,7H2,(H2,18,20);5-6H,1-4H2. The molecule has 11 heteroatoms. The Bertz CT molecular complexity index is 799. The topological polar surface area (TPSA) is 88.9 Å². The third kappa shape index (κ3) is 6.00. The number of likely N-dealkylation sites (tertiary alicyclic amines) is 1. The summed E-state index contributed by atoms with van der Waals surface area (Å²) < 4.78 is 57.4. The molecule has 0 spiro atoms. The summed E-state index contributed by atoms with van der Waals surface area (Å²) in [5, 5.41) is 12.8. The van der Waals surface area contributed by atoms with Gasteiger partial charge in [-0.2, -0.15) is 13.2 Å². The number of hydrogen-bond acceptors (Lipinski definition) is 6. The van der Waals surface area contributed by atoms with E-state index in [1.54, 1.807) is 0 Å². The highest BCUT2D eigenvalue weighted by Crippen LogP contribution is 2.31. The number of alkyl halides is 3. The lowest BCUT2D eigenvalue weighted by atomic mass is 9.93. The van der Waals surface area contributed by atoms with Crippen LogP contribution in [0.1, 0.15) is 37.3 Å². The summed E-state index contributed by atoms with van der Waals surface area (Å²) in [6, 6.07) is 1.37. The Hall–Kier alpha value is -1.98. The fourth-order valence-corrected chi connectivity index (χ4v) is 3.64. The van der Waals surface area contributed by atoms with E-state index in [9.17, 15) is 17.6 Å². The van der Waals surface area contributed by atoms with Crippen LogP contribution in [0.25, 0.3) is 5.52 Å². The molecule has 2 aromatic heterocycles. The van der Waals surface area contributed by atoms with Crippen molar-refractivity contribution in [2.75, 3.05) is 38.6 Å². The van der Waals surface area contributed by atoms with E-state index >= 15 is 0 Å². The van der Waals surface area contributed by atoms with Gasteiger partial charge >= 0.3 is 6.18 Å². The average Bonchev–Trinajstić information content (AvgIpc) is 2.98. The fourth-order valence-electron chi connectivity index (χ4n) is 3.64. The molecule has 3 N–H and O–H groups in total. The van der Waals surface area contributed by atoms with Gasteiger partial charge in [-0.25, -0.2) is 13.9 Å². The molecule has 4 rings (SSSR count). The van der Waals surface area contributed by atoms with Gasteiger partial charge in [-0.1, -0.05) is 0 Å². The minimum atomic E-state index is -4.19. The first-order valence-electron chi connectivity index (χ1n) is 9.57. The number of rotatable bonds is 2. The largest absolute Gasteiger partial charge is 0.401 e. The Kier molecular flexibility index (Phi) is 6.91. The normalized spacial score (nSPS) is 21.8. The van der Waals surface area contributed by atoms with Gasteiger partial charge < -0.3 is 15.6 Å². The van der Waals surface area contributed by atoms with E-state index in [0.29, 0.717) is 38.2 Å². The van der Waals surface area contributed by atoms with Crippen molar-refractivity contribution >= 4 is 11.5 Å². The molecular formula is C18H25F4N5O2. The second-order valence-corrected chi connectivity index (χ2v) is 7.37. The van der Waals surface area contributed by atoms with Crippen LogP contribution in [-0.2, 0) is 4.74 Å². The fraction of sp³-hybridized carbons (Fsp3) is 0.667. The van der Waals surface area contributed by atoms with Crippen LogP contribution in [0.3, 0.4) is 0 Å². The van der Waals surface area contributed by atoms with Gasteiger partial charge in [0.1, 0.15) is 5.52 Å². The lowest BCUT2D eigenvalue weighted by molar-refractivity contribution is -0.148. The van der Waals surface area contributed by atoms with Crippen LogP contribution in [0.4, 0.5) is 23.5 Å². The third-order valence-electron chi connectivity index (χ3n) is 5.06. The molecule has 2 saturated heterocycles. The lowest BCUT2D eigenvalue weighted by Crippen LogP contribution is -2.39.